The Bertz CT molecular complexity index is 1150. The molecule has 1 aliphatic rings. The molecule has 0 aromatic heterocycles. The van der Waals surface area contributed by atoms with E-state index in [0.29, 0.717) is 18.8 Å². The lowest BCUT2D eigenvalue weighted by Gasteiger charge is -2.36. The van der Waals surface area contributed by atoms with Crippen molar-refractivity contribution < 1.29 is 19.7 Å². The molecule has 3 aromatic rings. The van der Waals surface area contributed by atoms with E-state index < -0.39 is 5.97 Å². The van der Waals surface area contributed by atoms with Gasteiger partial charge in [0.2, 0.25) is 0 Å². The van der Waals surface area contributed by atoms with Gasteiger partial charge in [0.15, 0.2) is 0 Å². The number of aryl methyl sites for hydroxylation is 2. The standard InChI is InChI=1S/C27H29NO4/c1-17-7-8-22(18(2)13-17)26-23-16-25(32-12-10-19-5-4-6-21(29)14-19)24(27(30)31)15-20(23)9-11-28(26)3/h4-8,13-16,26,29H,9-12H2,1-3H3,(H,30,31). The summed E-state index contributed by atoms with van der Waals surface area (Å²) in [7, 11) is 2.11. The average molecular weight is 432 g/mol. The molecule has 3 aromatic carbocycles. The highest BCUT2D eigenvalue weighted by Crippen LogP contribution is 2.39. The number of aromatic hydroxyl groups is 1. The van der Waals surface area contributed by atoms with E-state index >= 15 is 0 Å². The number of nitrogens with zero attached hydrogens (tertiary/aromatic N) is 1. The number of carboxylic acids is 1. The van der Waals surface area contributed by atoms with Crippen molar-refractivity contribution in [2.24, 2.45) is 0 Å². The van der Waals surface area contributed by atoms with Gasteiger partial charge in [-0.05, 0) is 79.4 Å². The zero-order valence-electron chi connectivity index (χ0n) is 18.8. The molecule has 166 valence electrons. The molecule has 4 rings (SSSR count). The van der Waals surface area contributed by atoms with E-state index in [1.807, 2.05) is 12.1 Å². The molecule has 0 aliphatic carbocycles. The summed E-state index contributed by atoms with van der Waals surface area (Å²) < 4.78 is 6.00. The van der Waals surface area contributed by atoms with Crippen molar-refractivity contribution in [1.82, 2.24) is 4.90 Å². The van der Waals surface area contributed by atoms with Crippen molar-refractivity contribution in [3.05, 3.63) is 93.5 Å². The Morgan fingerprint density at radius 1 is 1.09 bits per heavy atom. The first-order valence-electron chi connectivity index (χ1n) is 10.9. The van der Waals surface area contributed by atoms with Crippen LogP contribution in [0.3, 0.4) is 0 Å². The minimum Gasteiger partial charge on any atom is -0.508 e. The van der Waals surface area contributed by atoms with E-state index in [9.17, 15) is 15.0 Å². The van der Waals surface area contributed by atoms with Gasteiger partial charge in [-0.2, -0.15) is 0 Å². The van der Waals surface area contributed by atoms with Gasteiger partial charge in [-0.25, -0.2) is 4.79 Å². The van der Waals surface area contributed by atoms with E-state index in [2.05, 4.69) is 44.0 Å². The topological polar surface area (TPSA) is 70.0 Å². The molecule has 0 radical (unpaired) electrons. The van der Waals surface area contributed by atoms with Crippen LogP contribution in [0.15, 0.2) is 54.6 Å². The Balaban J connectivity index is 1.68. The van der Waals surface area contributed by atoms with E-state index in [-0.39, 0.29) is 17.4 Å². The molecule has 2 N–H and O–H groups in total. The molecule has 1 aliphatic heterocycles. The Morgan fingerprint density at radius 2 is 1.91 bits per heavy atom. The van der Waals surface area contributed by atoms with Gasteiger partial charge in [0.1, 0.15) is 17.1 Å². The van der Waals surface area contributed by atoms with Crippen molar-refractivity contribution in [3.63, 3.8) is 0 Å². The Hall–Kier alpha value is -3.31. The normalized spacial score (nSPS) is 15.9. The van der Waals surface area contributed by atoms with Crippen LogP contribution in [0, 0.1) is 13.8 Å². The van der Waals surface area contributed by atoms with Crippen molar-refractivity contribution in [2.75, 3.05) is 20.2 Å². The fourth-order valence-electron chi connectivity index (χ4n) is 4.59. The number of ether oxygens (including phenoxy) is 1. The van der Waals surface area contributed by atoms with E-state index in [1.165, 1.54) is 16.7 Å². The van der Waals surface area contributed by atoms with Crippen LogP contribution < -0.4 is 4.74 Å². The SMILES string of the molecule is Cc1ccc(C2c3cc(OCCc4cccc(O)c4)c(C(=O)O)cc3CCN2C)c(C)c1. The summed E-state index contributed by atoms with van der Waals surface area (Å²) >= 11 is 0. The maximum Gasteiger partial charge on any atom is 0.339 e. The van der Waals surface area contributed by atoms with Crippen LogP contribution in [-0.4, -0.2) is 41.3 Å². The second-order valence-electron chi connectivity index (χ2n) is 8.61. The number of fused-ring (bicyclic) bond motifs is 1. The van der Waals surface area contributed by atoms with E-state index in [4.69, 9.17) is 4.74 Å². The highest BCUT2D eigenvalue weighted by molar-refractivity contribution is 5.91. The van der Waals surface area contributed by atoms with Gasteiger partial charge >= 0.3 is 5.97 Å². The number of likely N-dealkylation sites (N-methyl/N-ethyl adjacent to an activating group) is 1. The monoisotopic (exact) mass is 431 g/mol. The van der Waals surface area contributed by atoms with Gasteiger partial charge in [-0.1, -0.05) is 35.9 Å². The van der Waals surface area contributed by atoms with Gasteiger partial charge in [-0.15, -0.1) is 0 Å². The number of phenols is 1. The molecule has 0 saturated carbocycles. The molecular weight excluding hydrogens is 402 g/mol. The summed E-state index contributed by atoms with van der Waals surface area (Å²) in [6, 6.07) is 17.3. The number of carbonyl (C=O) groups is 1. The van der Waals surface area contributed by atoms with Crippen molar-refractivity contribution in [3.8, 4) is 11.5 Å². The average Bonchev–Trinajstić information content (AvgIpc) is 2.74. The minimum atomic E-state index is -0.984. The maximum absolute atomic E-state index is 12.0. The van der Waals surface area contributed by atoms with Crippen molar-refractivity contribution >= 4 is 5.97 Å². The Labute approximate surface area is 188 Å². The molecule has 1 unspecified atom stereocenters. The summed E-state index contributed by atoms with van der Waals surface area (Å²) in [5.74, 6) is -0.384. The number of rotatable bonds is 6. The molecular formula is C27H29NO4. The van der Waals surface area contributed by atoms with Crippen LogP contribution in [0.25, 0.3) is 0 Å². The zero-order valence-corrected chi connectivity index (χ0v) is 18.8. The van der Waals surface area contributed by atoms with Crippen LogP contribution in [-0.2, 0) is 12.8 Å². The molecule has 0 saturated heterocycles. The number of benzene rings is 3. The number of hydrogen-bond donors (Lipinski definition) is 2. The second-order valence-corrected chi connectivity index (χ2v) is 8.61. The lowest BCUT2D eigenvalue weighted by atomic mass is 9.85. The smallest absolute Gasteiger partial charge is 0.339 e. The lowest BCUT2D eigenvalue weighted by molar-refractivity contribution is 0.0692. The predicted octanol–water partition coefficient (Wildman–Crippen LogP) is 4.91. The third-order valence-electron chi connectivity index (χ3n) is 6.22. The van der Waals surface area contributed by atoms with Crippen LogP contribution in [0.2, 0.25) is 0 Å². The summed E-state index contributed by atoms with van der Waals surface area (Å²) in [6.45, 7) is 5.41. The Kier molecular flexibility index (Phi) is 6.19. The fraction of sp³-hybridized carbons (Fsp3) is 0.296. The van der Waals surface area contributed by atoms with Gasteiger partial charge in [0, 0.05) is 13.0 Å². The van der Waals surface area contributed by atoms with Gasteiger partial charge in [-0.3, -0.25) is 4.90 Å². The maximum atomic E-state index is 12.0. The molecule has 0 spiro atoms. The van der Waals surface area contributed by atoms with Crippen LogP contribution in [0.1, 0.15) is 49.8 Å². The molecule has 5 heteroatoms. The number of phenolic OH excluding ortho intramolecular Hbond substituents is 1. The summed E-state index contributed by atoms with van der Waals surface area (Å²) in [6.07, 6.45) is 1.38. The number of aromatic carboxylic acids is 1. The van der Waals surface area contributed by atoms with Crippen molar-refractivity contribution in [1.29, 1.82) is 0 Å². The van der Waals surface area contributed by atoms with E-state index in [0.717, 1.165) is 29.7 Å². The molecule has 5 nitrogen and oxygen atoms in total. The van der Waals surface area contributed by atoms with Crippen LogP contribution in [0.5, 0.6) is 11.5 Å². The molecule has 1 atom stereocenters. The van der Waals surface area contributed by atoms with Gasteiger partial charge in [0.25, 0.3) is 0 Å². The number of hydrogen-bond acceptors (Lipinski definition) is 4. The van der Waals surface area contributed by atoms with E-state index in [1.54, 1.807) is 24.3 Å². The summed E-state index contributed by atoms with van der Waals surface area (Å²) in [5.41, 5.74) is 6.98. The third kappa shape index (κ3) is 4.48. The molecule has 0 bridgehead atoms. The summed E-state index contributed by atoms with van der Waals surface area (Å²) in [5, 5.41) is 19.5. The highest BCUT2D eigenvalue weighted by Gasteiger charge is 2.30. The first-order valence-corrected chi connectivity index (χ1v) is 10.9. The first kappa shape index (κ1) is 21.9. The highest BCUT2D eigenvalue weighted by atomic mass is 16.5. The minimum absolute atomic E-state index is 0.0515. The second kappa shape index (κ2) is 9.05. The predicted molar refractivity (Wildman–Crippen MR) is 125 cm³/mol. The van der Waals surface area contributed by atoms with Gasteiger partial charge in [0.05, 0.1) is 12.6 Å². The molecule has 0 amide bonds. The molecule has 1 heterocycles. The third-order valence-corrected chi connectivity index (χ3v) is 6.22. The lowest BCUT2D eigenvalue weighted by Crippen LogP contribution is -2.33. The quantitative estimate of drug-likeness (QED) is 0.581. The first-order chi connectivity index (χ1) is 15.3. The largest absolute Gasteiger partial charge is 0.508 e. The van der Waals surface area contributed by atoms with Gasteiger partial charge < -0.3 is 14.9 Å². The molecule has 32 heavy (non-hydrogen) atoms. The van der Waals surface area contributed by atoms with Crippen molar-refractivity contribution in [2.45, 2.75) is 32.7 Å². The summed E-state index contributed by atoms with van der Waals surface area (Å²) in [4.78, 5) is 14.3. The zero-order chi connectivity index (χ0) is 22.8. The van der Waals surface area contributed by atoms with Crippen LogP contribution in [0.4, 0.5) is 0 Å². The van der Waals surface area contributed by atoms with Crippen LogP contribution >= 0.6 is 0 Å². The Morgan fingerprint density at radius 3 is 2.62 bits per heavy atom. The fourth-order valence-corrected chi connectivity index (χ4v) is 4.59. The molecule has 0 fully saturated rings. The number of carboxylic acid groups (broad SMARTS) is 1.